The fourth-order valence-electron chi connectivity index (χ4n) is 3.49. The van der Waals surface area contributed by atoms with Gasteiger partial charge in [0, 0.05) is 25.8 Å². The van der Waals surface area contributed by atoms with Crippen LogP contribution in [-0.2, 0) is 4.74 Å². The van der Waals surface area contributed by atoms with Gasteiger partial charge in [-0.1, -0.05) is 6.07 Å². The molecule has 1 saturated heterocycles. The minimum Gasteiger partial charge on any atom is -0.444 e. The maximum atomic E-state index is 12.3. The SMILES string of the molecule is Cc1cc(C#N)ccc1C1=CN2CCN(C(=O)OC(C)(C)C)CC2C1. The second-order valence-corrected chi connectivity index (χ2v) is 7.82. The lowest BCUT2D eigenvalue weighted by Crippen LogP contribution is -2.52. The number of hydrogen-bond donors (Lipinski definition) is 0. The molecule has 0 radical (unpaired) electrons. The summed E-state index contributed by atoms with van der Waals surface area (Å²) in [5, 5.41) is 9.03. The van der Waals surface area contributed by atoms with Crippen molar-refractivity contribution in [1.29, 1.82) is 5.26 Å². The average molecular weight is 339 g/mol. The lowest BCUT2D eigenvalue weighted by molar-refractivity contribution is 0.0117. The summed E-state index contributed by atoms with van der Waals surface area (Å²) in [6.07, 6.45) is 2.90. The Bertz CT molecular complexity index is 755. The molecule has 0 spiro atoms. The third-order valence-corrected chi connectivity index (χ3v) is 4.66. The molecule has 0 saturated carbocycles. The van der Waals surface area contributed by atoms with Gasteiger partial charge in [-0.05, 0) is 62.9 Å². The van der Waals surface area contributed by atoms with Crippen LogP contribution in [0.5, 0.6) is 0 Å². The summed E-state index contributed by atoms with van der Waals surface area (Å²) in [5.41, 5.74) is 3.81. The number of fused-ring (bicyclic) bond motifs is 1. The second-order valence-electron chi connectivity index (χ2n) is 7.82. The summed E-state index contributed by atoms with van der Waals surface area (Å²) in [4.78, 5) is 16.5. The third kappa shape index (κ3) is 3.79. The summed E-state index contributed by atoms with van der Waals surface area (Å²) in [7, 11) is 0. The molecule has 1 unspecified atom stereocenters. The number of piperazine rings is 1. The van der Waals surface area contributed by atoms with Crippen molar-refractivity contribution >= 4 is 11.7 Å². The molecule has 1 aromatic carbocycles. The van der Waals surface area contributed by atoms with Crippen molar-refractivity contribution in [2.45, 2.75) is 45.8 Å². The smallest absolute Gasteiger partial charge is 0.410 e. The van der Waals surface area contributed by atoms with Crippen LogP contribution < -0.4 is 0 Å². The van der Waals surface area contributed by atoms with Crippen molar-refractivity contribution < 1.29 is 9.53 Å². The van der Waals surface area contributed by atoms with E-state index in [1.54, 1.807) is 0 Å². The van der Waals surface area contributed by atoms with Crippen LogP contribution in [0.4, 0.5) is 4.79 Å². The lowest BCUT2D eigenvalue weighted by Gasteiger charge is -2.38. The van der Waals surface area contributed by atoms with Crippen LogP contribution in [0.2, 0.25) is 0 Å². The van der Waals surface area contributed by atoms with E-state index in [2.05, 4.69) is 17.2 Å². The number of rotatable bonds is 1. The Labute approximate surface area is 149 Å². The number of nitrogens with zero attached hydrogens (tertiary/aromatic N) is 3. The fourth-order valence-corrected chi connectivity index (χ4v) is 3.49. The number of ether oxygens (including phenoxy) is 1. The Hall–Kier alpha value is -2.48. The molecule has 2 heterocycles. The van der Waals surface area contributed by atoms with Crippen molar-refractivity contribution in [2.75, 3.05) is 19.6 Å². The minimum absolute atomic E-state index is 0.227. The molecule has 132 valence electrons. The maximum absolute atomic E-state index is 12.3. The van der Waals surface area contributed by atoms with Gasteiger partial charge in [-0.2, -0.15) is 5.26 Å². The summed E-state index contributed by atoms with van der Waals surface area (Å²) in [6.45, 7) is 9.91. The zero-order chi connectivity index (χ0) is 18.2. The maximum Gasteiger partial charge on any atom is 0.410 e. The Morgan fingerprint density at radius 2 is 2.08 bits per heavy atom. The van der Waals surface area contributed by atoms with Gasteiger partial charge in [0.05, 0.1) is 17.7 Å². The van der Waals surface area contributed by atoms with Gasteiger partial charge in [0.25, 0.3) is 0 Å². The van der Waals surface area contributed by atoms with Gasteiger partial charge in [-0.3, -0.25) is 0 Å². The predicted molar refractivity (Wildman–Crippen MR) is 96.8 cm³/mol. The summed E-state index contributed by atoms with van der Waals surface area (Å²) in [6, 6.07) is 8.31. The van der Waals surface area contributed by atoms with E-state index in [-0.39, 0.29) is 6.09 Å². The molecule has 3 rings (SSSR count). The van der Waals surface area contributed by atoms with E-state index in [0.29, 0.717) is 24.7 Å². The van der Waals surface area contributed by atoms with Crippen LogP contribution in [-0.4, -0.2) is 47.2 Å². The van der Waals surface area contributed by atoms with Gasteiger partial charge in [-0.25, -0.2) is 4.79 Å². The van der Waals surface area contributed by atoms with Gasteiger partial charge in [0.1, 0.15) is 5.60 Å². The lowest BCUT2D eigenvalue weighted by atomic mass is 9.96. The standard InChI is InChI=1S/C20H25N3O2/c1-14-9-15(11-21)5-6-18(14)16-10-17-13-23(8-7-22(17)12-16)19(24)25-20(2,3)4/h5-6,9,12,17H,7-8,10,13H2,1-4H3. The Morgan fingerprint density at radius 1 is 1.32 bits per heavy atom. The van der Waals surface area contributed by atoms with Crippen LogP contribution in [0, 0.1) is 18.3 Å². The quantitative estimate of drug-likeness (QED) is 0.785. The van der Waals surface area contributed by atoms with Crippen molar-refractivity contribution in [1.82, 2.24) is 9.80 Å². The molecular formula is C20H25N3O2. The van der Waals surface area contributed by atoms with Gasteiger partial charge in [-0.15, -0.1) is 0 Å². The number of carbonyl (C=O) groups excluding carboxylic acids is 1. The van der Waals surface area contributed by atoms with E-state index < -0.39 is 5.60 Å². The number of nitriles is 1. The number of amides is 1. The average Bonchev–Trinajstić information content (AvgIpc) is 2.95. The zero-order valence-electron chi connectivity index (χ0n) is 15.4. The van der Waals surface area contributed by atoms with Crippen LogP contribution in [0.15, 0.2) is 24.4 Å². The first-order valence-corrected chi connectivity index (χ1v) is 8.72. The highest BCUT2D eigenvalue weighted by molar-refractivity contribution is 5.72. The molecule has 5 nitrogen and oxygen atoms in total. The fraction of sp³-hybridized carbons (Fsp3) is 0.500. The second kappa shape index (κ2) is 6.44. The van der Waals surface area contributed by atoms with E-state index in [4.69, 9.17) is 10.00 Å². The van der Waals surface area contributed by atoms with Crippen LogP contribution in [0.3, 0.4) is 0 Å². The molecule has 1 amide bonds. The van der Waals surface area contributed by atoms with Crippen LogP contribution >= 0.6 is 0 Å². The van der Waals surface area contributed by atoms with E-state index in [1.807, 2.05) is 50.8 Å². The molecule has 1 aromatic rings. The molecule has 0 N–H and O–H groups in total. The predicted octanol–water partition coefficient (Wildman–Crippen LogP) is 3.53. The molecule has 25 heavy (non-hydrogen) atoms. The number of benzene rings is 1. The Morgan fingerprint density at radius 3 is 2.72 bits per heavy atom. The first-order chi connectivity index (χ1) is 11.8. The molecule has 1 fully saturated rings. The first kappa shape index (κ1) is 17.3. The highest BCUT2D eigenvalue weighted by atomic mass is 16.6. The van der Waals surface area contributed by atoms with Crippen molar-refractivity contribution in [3.05, 3.63) is 41.1 Å². The molecule has 2 aliphatic rings. The zero-order valence-corrected chi connectivity index (χ0v) is 15.4. The number of carbonyl (C=O) groups is 1. The Kier molecular flexibility index (Phi) is 4.47. The molecular weight excluding hydrogens is 314 g/mol. The normalized spacial score (nSPS) is 20.0. The van der Waals surface area contributed by atoms with Gasteiger partial charge < -0.3 is 14.5 Å². The van der Waals surface area contributed by atoms with Gasteiger partial charge in [0.2, 0.25) is 0 Å². The molecule has 2 aliphatic heterocycles. The van der Waals surface area contributed by atoms with Crippen molar-refractivity contribution in [2.24, 2.45) is 0 Å². The number of hydrogen-bond acceptors (Lipinski definition) is 4. The monoisotopic (exact) mass is 339 g/mol. The number of aryl methyl sites for hydroxylation is 1. The Balaban J connectivity index is 1.69. The molecule has 5 heteroatoms. The van der Waals surface area contributed by atoms with Gasteiger partial charge in [0.15, 0.2) is 0 Å². The van der Waals surface area contributed by atoms with Crippen molar-refractivity contribution in [3.63, 3.8) is 0 Å². The largest absolute Gasteiger partial charge is 0.444 e. The minimum atomic E-state index is -0.465. The van der Waals surface area contributed by atoms with Crippen LogP contribution in [0.25, 0.3) is 5.57 Å². The highest BCUT2D eigenvalue weighted by Crippen LogP contribution is 2.33. The van der Waals surface area contributed by atoms with E-state index in [0.717, 1.165) is 18.5 Å². The molecule has 0 aliphatic carbocycles. The summed E-state index contributed by atoms with van der Waals surface area (Å²) >= 11 is 0. The summed E-state index contributed by atoms with van der Waals surface area (Å²) < 4.78 is 5.50. The van der Waals surface area contributed by atoms with E-state index >= 15 is 0 Å². The summed E-state index contributed by atoms with van der Waals surface area (Å²) in [5.74, 6) is 0. The molecule has 1 atom stereocenters. The highest BCUT2D eigenvalue weighted by Gasteiger charge is 2.34. The van der Waals surface area contributed by atoms with Crippen LogP contribution in [0.1, 0.15) is 43.9 Å². The molecule has 0 bridgehead atoms. The van der Waals surface area contributed by atoms with E-state index in [9.17, 15) is 4.79 Å². The molecule has 0 aromatic heterocycles. The topological polar surface area (TPSA) is 56.6 Å². The van der Waals surface area contributed by atoms with Crippen molar-refractivity contribution in [3.8, 4) is 6.07 Å². The first-order valence-electron chi connectivity index (χ1n) is 8.72. The van der Waals surface area contributed by atoms with Gasteiger partial charge >= 0.3 is 6.09 Å². The third-order valence-electron chi connectivity index (χ3n) is 4.66. The van der Waals surface area contributed by atoms with E-state index in [1.165, 1.54) is 11.1 Å².